The molecule has 2 amide bonds. The van der Waals surface area contributed by atoms with Crippen molar-refractivity contribution in [1.82, 2.24) is 4.90 Å². The molecule has 0 unspecified atom stereocenters. The zero-order valence-electron chi connectivity index (χ0n) is 15.7. The Balaban J connectivity index is 1.93. The first-order chi connectivity index (χ1) is 12.1. The molecule has 0 radical (unpaired) electrons. The predicted octanol–water partition coefficient (Wildman–Crippen LogP) is 5.57. The van der Waals surface area contributed by atoms with Gasteiger partial charge in [-0.25, -0.2) is 4.79 Å². The summed E-state index contributed by atoms with van der Waals surface area (Å²) in [6.07, 6.45) is 4.10. The van der Waals surface area contributed by atoms with Crippen molar-refractivity contribution in [2.75, 3.05) is 18.4 Å². The number of carbonyl (C=O) groups excluding carboxylic acids is 1. The van der Waals surface area contributed by atoms with Crippen molar-refractivity contribution in [2.24, 2.45) is 0 Å². The van der Waals surface area contributed by atoms with Crippen LogP contribution in [0.25, 0.3) is 0 Å². The van der Waals surface area contributed by atoms with E-state index in [4.69, 9.17) is 0 Å². The van der Waals surface area contributed by atoms with E-state index in [-0.39, 0.29) is 6.03 Å². The quantitative estimate of drug-likeness (QED) is 0.670. The molecule has 1 N–H and O–H groups in total. The van der Waals surface area contributed by atoms with Crippen molar-refractivity contribution >= 4 is 11.7 Å². The van der Waals surface area contributed by atoms with Gasteiger partial charge in [0.2, 0.25) is 0 Å². The number of nitrogens with one attached hydrogen (secondary N) is 1. The van der Waals surface area contributed by atoms with Crippen LogP contribution in [0.3, 0.4) is 0 Å². The molecular weight excluding hydrogens is 308 g/mol. The number of nitrogens with zero attached hydrogens (tertiary/aromatic N) is 1. The Morgan fingerprint density at radius 2 is 1.72 bits per heavy atom. The number of benzene rings is 2. The lowest BCUT2D eigenvalue weighted by atomic mass is 10.1. The second-order valence-corrected chi connectivity index (χ2v) is 6.68. The zero-order chi connectivity index (χ0) is 18.1. The number of anilines is 1. The van der Waals surface area contributed by atoms with Gasteiger partial charge in [-0.1, -0.05) is 61.4 Å². The van der Waals surface area contributed by atoms with Gasteiger partial charge in [0.15, 0.2) is 0 Å². The van der Waals surface area contributed by atoms with Crippen LogP contribution in [0.4, 0.5) is 10.5 Å². The highest BCUT2D eigenvalue weighted by Crippen LogP contribution is 2.17. The number of carbonyl (C=O) groups is 1. The largest absolute Gasteiger partial charge is 0.325 e. The van der Waals surface area contributed by atoms with Crippen molar-refractivity contribution in [3.63, 3.8) is 0 Å². The normalized spacial score (nSPS) is 10.5. The van der Waals surface area contributed by atoms with E-state index in [0.717, 1.165) is 50.0 Å². The number of hydrogen-bond donors (Lipinski definition) is 1. The van der Waals surface area contributed by atoms with Crippen LogP contribution in [0, 0.1) is 13.8 Å². The smallest absolute Gasteiger partial charge is 0.321 e. The molecule has 3 heteroatoms. The van der Waals surface area contributed by atoms with Crippen molar-refractivity contribution in [1.29, 1.82) is 0 Å². The first kappa shape index (κ1) is 19.0. The summed E-state index contributed by atoms with van der Waals surface area (Å²) in [4.78, 5) is 14.7. The third kappa shape index (κ3) is 6.26. The van der Waals surface area contributed by atoms with Crippen LogP contribution in [-0.4, -0.2) is 24.0 Å². The molecule has 2 rings (SSSR count). The number of hydrogen-bond acceptors (Lipinski definition) is 1. The van der Waals surface area contributed by atoms with Gasteiger partial charge in [-0.2, -0.15) is 0 Å². The molecule has 0 aliphatic heterocycles. The Bertz CT molecular complexity index is 667. The number of unbranched alkanes of at least 4 members (excludes halogenated alkanes) is 1. The average Bonchev–Trinajstić information content (AvgIpc) is 2.61. The monoisotopic (exact) mass is 338 g/mol. The summed E-state index contributed by atoms with van der Waals surface area (Å²) in [5, 5.41) is 3.08. The van der Waals surface area contributed by atoms with Gasteiger partial charge >= 0.3 is 6.03 Å². The van der Waals surface area contributed by atoms with E-state index in [1.54, 1.807) is 0 Å². The maximum Gasteiger partial charge on any atom is 0.321 e. The summed E-state index contributed by atoms with van der Waals surface area (Å²) < 4.78 is 0. The van der Waals surface area contributed by atoms with E-state index in [1.165, 1.54) is 11.1 Å². The van der Waals surface area contributed by atoms with Crippen molar-refractivity contribution in [3.8, 4) is 0 Å². The van der Waals surface area contributed by atoms with Crippen molar-refractivity contribution < 1.29 is 4.79 Å². The summed E-state index contributed by atoms with van der Waals surface area (Å²) >= 11 is 0. The van der Waals surface area contributed by atoms with Crippen LogP contribution in [-0.2, 0) is 6.42 Å². The minimum atomic E-state index is 0.00784. The molecule has 0 aliphatic rings. The highest BCUT2D eigenvalue weighted by molar-refractivity contribution is 5.90. The molecule has 0 fully saturated rings. The molecule has 0 atom stereocenters. The Labute approximate surface area is 152 Å². The van der Waals surface area contributed by atoms with Gasteiger partial charge in [0, 0.05) is 18.8 Å². The van der Waals surface area contributed by atoms with E-state index in [0.29, 0.717) is 0 Å². The number of aryl methyl sites for hydroxylation is 3. The fraction of sp³-hybridized carbons (Fsp3) is 0.409. The van der Waals surface area contributed by atoms with Crippen LogP contribution < -0.4 is 5.32 Å². The molecule has 2 aromatic rings. The standard InChI is InChI=1S/C22H30N2O/c1-4-5-15-24(16-9-12-20-10-7-6-8-11-20)22(25)23-21-14-13-18(2)17-19(21)3/h6-8,10-11,13-14,17H,4-5,9,12,15-16H2,1-3H3,(H,23,25). The summed E-state index contributed by atoms with van der Waals surface area (Å²) in [7, 11) is 0. The Hall–Kier alpha value is -2.29. The van der Waals surface area contributed by atoms with E-state index in [2.05, 4.69) is 49.5 Å². The Kier molecular flexibility index (Phi) is 7.52. The lowest BCUT2D eigenvalue weighted by Crippen LogP contribution is -2.36. The molecule has 134 valence electrons. The number of rotatable bonds is 8. The molecule has 2 aromatic carbocycles. The van der Waals surface area contributed by atoms with Gasteiger partial charge in [-0.3, -0.25) is 0 Å². The second kappa shape index (κ2) is 9.87. The van der Waals surface area contributed by atoms with Crippen LogP contribution in [0.15, 0.2) is 48.5 Å². The first-order valence-electron chi connectivity index (χ1n) is 9.27. The van der Waals surface area contributed by atoms with Gasteiger partial charge in [-0.15, -0.1) is 0 Å². The summed E-state index contributed by atoms with van der Waals surface area (Å²) in [6.45, 7) is 7.85. The minimum absolute atomic E-state index is 0.00784. The van der Waals surface area contributed by atoms with E-state index < -0.39 is 0 Å². The lowest BCUT2D eigenvalue weighted by molar-refractivity contribution is 0.210. The van der Waals surface area contributed by atoms with Gasteiger partial charge < -0.3 is 10.2 Å². The summed E-state index contributed by atoms with van der Waals surface area (Å²) in [5.41, 5.74) is 4.54. The third-order valence-corrected chi connectivity index (χ3v) is 4.43. The topological polar surface area (TPSA) is 32.3 Å². The maximum absolute atomic E-state index is 12.7. The summed E-state index contributed by atoms with van der Waals surface area (Å²) in [5.74, 6) is 0. The summed E-state index contributed by atoms with van der Waals surface area (Å²) in [6, 6.07) is 16.6. The van der Waals surface area contributed by atoms with Crippen molar-refractivity contribution in [2.45, 2.75) is 46.5 Å². The molecule has 25 heavy (non-hydrogen) atoms. The van der Waals surface area contributed by atoms with Crippen LogP contribution >= 0.6 is 0 Å². The van der Waals surface area contributed by atoms with E-state index in [1.807, 2.05) is 30.0 Å². The average molecular weight is 338 g/mol. The highest BCUT2D eigenvalue weighted by Gasteiger charge is 2.14. The molecule has 0 aliphatic carbocycles. The van der Waals surface area contributed by atoms with Gasteiger partial charge in [0.25, 0.3) is 0 Å². The molecule has 0 aromatic heterocycles. The predicted molar refractivity (Wildman–Crippen MR) is 106 cm³/mol. The minimum Gasteiger partial charge on any atom is -0.325 e. The first-order valence-corrected chi connectivity index (χ1v) is 9.27. The third-order valence-electron chi connectivity index (χ3n) is 4.43. The second-order valence-electron chi connectivity index (χ2n) is 6.68. The van der Waals surface area contributed by atoms with Crippen molar-refractivity contribution in [3.05, 3.63) is 65.2 Å². The molecule has 3 nitrogen and oxygen atoms in total. The SMILES string of the molecule is CCCCN(CCCc1ccccc1)C(=O)Nc1ccc(C)cc1C. The Morgan fingerprint density at radius 1 is 1.00 bits per heavy atom. The molecule has 0 heterocycles. The van der Waals surface area contributed by atoms with E-state index >= 15 is 0 Å². The van der Waals surface area contributed by atoms with E-state index in [9.17, 15) is 4.79 Å². The number of amides is 2. The highest BCUT2D eigenvalue weighted by atomic mass is 16.2. The molecule has 0 saturated carbocycles. The number of urea groups is 1. The van der Waals surface area contributed by atoms with Gasteiger partial charge in [0.05, 0.1) is 0 Å². The molecular formula is C22H30N2O. The fourth-order valence-electron chi connectivity index (χ4n) is 2.93. The van der Waals surface area contributed by atoms with Gasteiger partial charge in [0.1, 0.15) is 0 Å². The lowest BCUT2D eigenvalue weighted by Gasteiger charge is -2.23. The molecule has 0 saturated heterocycles. The Morgan fingerprint density at radius 3 is 2.40 bits per heavy atom. The molecule has 0 spiro atoms. The van der Waals surface area contributed by atoms with Crippen LogP contribution in [0.5, 0.6) is 0 Å². The zero-order valence-corrected chi connectivity index (χ0v) is 15.7. The maximum atomic E-state index is 12.7. The van der Waals surface area contributed by atoms with Gasteiger partial charge in [-0.05, 0) is 50.3 Å². The fourth-order valence-corrected chi connectivity index (χ4v) is 2.93. The molecule has 0 bridgehead atoms. The van der Waals surface area contributed by atoms with Crippen LogP contribution in [0.2, 0.25) is 0 Å². The van der Waals surface area contributed by atoms with Crippen LogP contribution in [0.1, 0.15) is 42.9 Å².